The molecule has 4 rings (SSSR count). The summed E-state index contributed by atoms with van der Waals surface area (Å²) in [5.74, 6) is 0.152. The van der Waals surface area contributed by atoms with Crippen LogP contribution in [0.15, 0.2) is 77.4 Å². The highest BCUT2D eigenvalue weighted by Gasteiger charge is 2.26. The molecule has 0 spiro atoms. The standard InChI is InChI=1S/C23H18BrClN2O3/c24-16-7-10-23(30-14-15-5-8-17(25)9-6-15)19(11-16)21(13-27(28)29)20-12-26-22-4-2-1-3-18(20)22/h1-12,21,26H,13-14H2/t21-/m1/s1. The first-order chi connectivity index (χ1) is 14.5. The third kappa shape index (κ3) is 4.50. The molecule has 4 aromatic rings. The molecule has 0 unspecified atom stereocenters. The molecule has 0 saturated carbocycles. The lowest BCUT2D eigenvalue weighted by atomic mass is 9.90. The molecular formula is C23H18BrClN2O3. The number of ether oxygens (including phenoxy) is 1. The van der Waals surface area contributed by atoms with Gasteiger partial charge < -0.3 is 9.72 Å². The number of rotatable bonds is 7. The van der Waals surface area contributed by atoms with Crippen LogP contribution >= 0.6 is 27.5 Å². The minimum Gasteiger partial charge on any atom is -0.489 e. The van der Waals surface area contributed by atoms with Crippen LogP contribution in [0.2, 0.25) is 5.02 Å². The number of benzene rings is 3. The van der Waals surface area contributed by atoms with Crippen LogP contribution in [0.4, 0.5) is 0 Å². The fraction of sp³-hybridized carbons (Fsp3) is 0.130. The maximum atomic E-state index is 11.6. The molecule has 0 amide bonds. The number of nitro groups is 1. The zero-order valence-corrected chi connectivity index (χ0v) is 18.2. The molecule has 1 aromatic heterocycles. The number of nitrogens with one attached hydrogen (secondary N) is 1. The van der Waals surface area contributed by atoms with E-state index in [0.717, 1.165) is 32.1 Å². The minimum absolute atomic E-state index is 0.240. The molecule has 30 heavy (non-hydrogen) atoms. The van der Waals surface area contributed by atoms with Gasteiger partial charge in [-0.2, -0.15) is 0 Å². The lowest BCUT2D eigenvalue weighted by molar-refractivity contribution is -0.481. The van der Waals surface area contributed by atoms with Crippen molar-refractivity contribution in [2.75, 3.05) is 6.54 Å². The molecule has 0 aliphatic carbocycles. The molecule has 152 valence electrons. The van der Waals surface area contributed by atoms with Crippen molar-refractivity contribution in [3.05, 3.63) is 109 Å². The van der Waals surface area contributed by atoms with E-state index in [1.54, 1.807) is 0 Å². The molecular weight excluding hydrogens is 468 g/mol. The van der Waals surface area contributed by atoms with Crippen molar-refractivity contribution < 1.29 is 9.66 Å². The van der Waals surface area contributed by atoms with E-state index < -0.39 is 5.92 Å². The molecule has 0 fully saturated rings. The molecule has 3 aromatic carbocycles. The van der Waals surface area contributed by atoms with Gasteiger partial charge in [0.25, 0.3) is 0 Å². The van der Waals surface area contributed by atoms with E-state index in [4.69, 9.17) is 16.3 Å². The maximum absolute atomic E-state index is 11.6. The number of hydrogen-bond acceptors (Lipinski definition) is 3. The second-order valence-electron chi connectivity index (χ2n) is 6.95. The fourth-order valence-electron chi connectivity index (χ4n) is 3.56. The van der Waals surface area contributed by atoms with Crippen LogP contribution in [0.25, 0.3) is 10.9 Å². The molecule has 5 nitrogen and oxygen atoms in total. The van der Waals surface area contributed by atoms with E-state index in [1.165, 1.54) is 0 Å². The Bertz CT molecular complexity index is 1190. The molecule has 0 aliphatic heterocycles. The molecule has 0 aliphatic rings. The first-order valence-electron chi connectivity index (χ1n) is 9.36. The first kappa shape index (κ1) is 20.4. The maximum Gasteiger partial charge on any atom is 0.214 e. The number of aromatic nitrogens is 1. The number of hydrogen-bond donors (Lipinski definition) is 1. The Labute approximate surface area is 186 Å². The molecule has 1 atom stereocenters. The van der Waals surface area contributed by atoms with Crippen LogP contribution in [-0.4, -0.2) is 16.5 Å². The highest BCUT2D eigenvalue weighted by atomic mass is 79.9. The predicted molar refractivity (Wildman–Crippen MR) is 122 cm³/mol. The summed E-state index contributed by atoms with van der Waals surface area (Å²) in [5.41, 5.74) is 3.54. The van der Waals surface area contributed by atoms with Crippen LogP contribution in [0.3, 0.4) is 0 Å². The largest absolute Gasteiger partial charge is 0.489 e. The van der Waals surface area contributed by atoms with Crippen molar-refractivity contribution in [1.29, 1.82) is 0 Å². The second-order valence-corrected chi connectivity index (χ2v) is 8.31. The first-order valence-corrected chi connectivity index (χ1v) is 10.5. The van der Waals surface area contributed by atoms with E-state index >= 15 is 0 Å². The Morgan fingerprint density at radius 3 is 2.60 bits per heavy atom. The van der Waals surface area contributed by atoms with Gasteiger partial charge >= 0.3 is 0 Å². The number of aromatic amines is 1. The Hall–Kier alpha value is -2.83. The van der Waals surface area contributed by atoms with Gasteiger partial charge in [0.15, 0.2) is 0 Å². The quantitative estimate of drug-likeness (QED) is 0.238. The van der Waals surface area contributed by atoms with E-state index in [2.05, 4.69) is 20.9 Å². The van der Waals surface area contributed by atoms with E-state index in [1.807, 2.05) is 72.9 Å². The van der Waals surface area contributed by atoms with Crippen LogP contribution in [-0.2, 0) is 6.61 Å². The van der Waals surface area contributed by atoms with Crippen molar-refractivity contribution in [2.45, 2.75) is 12.5 Å². The molecule has 0 bridgehead atoms. The van der Waals surface area contributed by atoms with Gasteiger partial charge in [0.2, 0.25) is 6.54 Å². The van der Waals surface area contributed by atoms with Crippen molar-refractivity contribution in [3.63, 3.8) is 0 Å². The van der Waals surface area contributed by atoms with Crippen molar-refractivity contribution in [2.24, 2.45) is 0 Å². The average Bonchev–Trinajstić information content (AvgIpc) is 3.16. The summed E-state index contributed by atoms with van der Waals surface area (Å²) in [6.45, 7) is 0.0977. The zero-order valence-electron chi connectivity index (χ0n) is 15.8. The summed E-state index contributed by atoms with van der Waals surface area (Å²) >= 11 is 9.45. The number of H-pyrrole nitrogens is 1. The van der Waals surface area contributed by atoms with Gasteiger partial charge in [-0.05, 0) is 47.5 Å². The normalized spacial score (nSPS) is 12.1. The SMILES string of the molecule is O=[N+]([O-])C[C@H](c1cc(Br)ccc1OCc1ccc(Cl)cc1)c1c[nH]c2ccccc12. The van der Waals surface area contributed by atoms with Gasteiger partial charge in [-0.15, -0.1) is 0 Å². The van der Waals surface area contributed by atoms with Gasteiger partial charge in [-0.3, -0.25) is 10.1 Å². The molecule has 7 heteroatoms. The summed E-state index contributed by atoms with van der Waals surface area (Å²) in [4.78, 5) is 14.5. The van der Waals surface area contributed by atoms with E-state index in [0.29, 0.717) is 17.4 Å². The van der Waals surface area contributed by atoms with Gasteiger partial charge in [-0.25, -0.2) is 0 Å². The van der Waals surface area contributed by atoms with Crippen molar-refractivity contribution in [1.82, 2.24) is 4.98 Å². The third-order valence-electron chi connectivity index (χ3n) is 4.98. The zero-order chi connectivity index (χ0) is 21.1. The minimum atomic E-state index is -0.464. The summed E-state index contributed by atoms with van der Waals surface area (Å²) in [5, 5.41) is 13.2. The van der Waals surface area contributed by atoms with Gasteiger partial charge in [0, 0.05) is 37.1 Å². The number of fused-ring (bicyclic) bond motifs is 1. The topological polar surface area (TPSA) is 68.2 Å². The Kier molecular flexibility index (Phi) is 6.06. The van der Waals surface area contributed by atoms with Crippen molar-refractivity contribution >= 4 is 38.4 Å². The van der Waals surface area contributed by atoms with E-state index in [9.17, 15) is 10.1 Å². The second kappa shape index (κ2) is 8.90. The third-order valence-corrected chi connectivity index (χ3v) is 5.73. The number of halogens is 2. The summed E-state index contributed by atoms with van der Waals surface area (Å²) in [6.07, 6.45) is 1.85. The highest BCUT2D eigenvalue weighted by Crippen LogP contribution is 2.37. The van der Waals surface area contributed by atoms with Gasteiger partial charge in [-0.1, -0.05) is 57.9 Å². The van der Waals surface area contributed by atoms with Crippen LogP contribution in [0.1, 0.15) is 22.6 Å². The lowest BCUT2D eigenvalue weighted by Crippen LogP contribution is -2.15. The van der Waals surface area contributed by atoms with Crippen LogP contribution in [0.5, 0.6) is 5.75 Å². The smallest absolute Gasteiger partial charge is 0.214 e. The molecule has 1 heterocycles. The molecule has 1 N–H and O–H groups in total. The Balaban J connectivity index is 1.73. The monoisotopic (exact) mass is 484 g/mol. The number of nitrogens with zero attached hydrogens (tertiary/aromatic N) is 1. The van der Waals surface area contributed by atoms with Crippen molar-refractivity contribution in [3.8, 4) is 5.75 Å². The molecule has 0 saturated heterocycles. The highest BCUT2D eigenvalue weighted by molar-refractivity contribution is 9.10. The Morgan fingerprint density at radius 1 is 1.07 bits per heavy atom. The van der Waals surface area contributed by atoms with Crippen LogP contribution in [0, 0.1) is 10.1 Å². The Morgan fingerprint density at radius 2 is 1.83 bits per heavy atom. The van der Waals surface area contributed by atoms with Crippen LogP contribution < -0.4 is 4.74 Å². The summed E-state index contributed by atoms with van der Waals surface area (Å²) in [6, 6.07) is 20.8. The van der Waals surface area contributed by atoms with Gasteiger partial charge in [0.05, 0.1) is 5.92 Å². The predicted octanol–water partition coefficient (Wildman–Crippen LogP) is 6.57. The van der Waals surface area contributed by atoms with E-state index in [-0.39, 0.29) is 11.5 Å². The van der Waals surface area contributed by atoms with Gasteiger partial charge in [0.1, 0.15) is 12.4 Å². The summed E-state index contributed by atoms with van der Waals surface area (Å²) < 4.78 is 6.93. The summed E-state index contributed by atoms with van der Waals surface area (Å²) in [7, 11) is 0. The fourth-order valence-corrected chi connectivity index (χ4v) is 4.07. The number of para-hydroxylation sites is 1. The average molecular weight is 486 g/mol. The lowest BCUT2D eigenvalue weighted by Gasteiger charge is -2.18. The molecule has 0 radical (unpaired) electrons.